The number of hydrogen-bond acceptors (Lipinski definition) is 2. The Balaban J connectivity index is 0.00000242. The van der Waals surface area contributed by atoms with Crippen molar-refractivity contribution in [3.8, 4) is 0 Å². The van der Waals surface area contributed by atoms with Crippen LogP contribution in [0.2, 0.25) is 0 Å². The average Bonchev–Trinajstić information content (AvgIpc) is 3.26. The molecule has 0 saturated heterocycles. The van der Waals surface area contributed by atoms with Gasteiger partial charge in [-0.05, 0) is 49.9 Å². The van der Waals surface area contributed by atoms with Crippen LogP contribution in [-0.2, 0) is 10.2 Å². The summed E-state index contributed by atoms with van der Waals surface area (Å²) in [5.41, 5.74) is 6.97. The predicted molar refractivity (Wildman–Crippen MR) is 97.5 cm³/mol. The Kier molecular flexibility index (Phi) is 8.44. The van der Waals surface area contributed by atoms with Gasteiger partial charge < -0.3 is 11.1 Å². The molecule has 1 amide bonds. The third kappa shape index (κ3) is 5.90. The summed E-state index contributed by atoms with van der Waals surface area (Å²) in [7, 11) is 0. The molecule has 1 aromatic rings. The molecule has 0 atom stereocenters. The van der Waals surface area contributed by atoms with E-state index in [0.29, 0.717) is 6.42 Å². The molecule has 3 N–H and O–H groups in total. The molecule has 22 heavy (non-hydrogen) atoms. The number of carbonyl (C=O) groups is 1. The van der Waals surface area contributed by atoms with Crippen molar-refractivity contribution >= 4 is 34.2 Å². The SMILES string of the molecule is Cl.NCCCCCCC(=O)NCC1(c2cccc(Br)c2)CC1. The molecule has 0 aliphatic heterocycles. The quantitative estimate of drug-likeness (QED) is 0.629. The minimum Gasteiger partial charge on any atom is -0.355 e. The number of halogens is 2. The molecule has 1 fully saturated rings. The van der Waals surface area contributed by atoms with Gasteiger partial charge in [0.2, 0.25) is 5.91 Å². The molecule has 0 spiro atoms. The first kappa shape index (κ1) is 19.5. The van der Waals surface area contributed by atoms with E-state index >= 15 is 0 Å². The summed E-state index contributed by atoms with van der Waals surface area (Å²) in [6.45, 7) is 1.52. The third-order valence-electron chi connectivity index (χ3n) is 4.27. The van der Waals surface area contributed by atoms with Crippen LogP contribution in [0.3, 0.4) is 0 Å². The Morgan fingerprint density at radius 3 is 2.59 bits per heavy atom. The number of nitrogens with one attached hydrogen (secondary N) is 1. The highest BCUT2D eigenvalue weighted by Crippen LogP contribution is 2.48. The molecule has 0 radical (unpaired) electrons. The molecule has 2 rings (SSSR count). The van der Waals surface area contributed by atoms with Gasteiger partial charge in [0.25, 0.3) is 0 Å². The largest absolute Gasteiger partial charge is 0.355 e. The van der Waals surface area contributed by atoms with Crippen LogP contribution in [-0.4, -0.2) is 19.0 Å². The van der Waals surface area contributed by atoms with Crippen LogP contribution in [0.4, 0.5) is 0 Å². The summed E-state index contributed by atoms with van der Waals surface area (Å²) in [6, 6.07) is 8.45. The van der Waals surface area contributed by atoms with Gasteiger partial charge in [-0.15, -0.1) is 12.4 Å². The predicted octanol–water partition coefficient (Wildman–Crippen LogP) is 3.93. The standard InChI is InChI=1S/C17H25BrN2O.ClH/c18-15-7-5-6-14(12-15)17(9-10-17)13-20-16(21)8-3-1-2-4-11-19;/h5-7,12H,1-4,8-11,13,19H2,(H,20,21);1H. The summed E-state index contributed by atoms with van der Waals surface area (Å²) in [5, 5.41) is 3.12. The van der Waals surface area contributed by atoms with Crippen molar-refractivity contribution in [1.82, 2.24) is 5.32 Å². The van der Waals surface area contributed by atoms with E-state index in [1.54, 1.807) is 0 Å². The van der Waals surface area contributed by atoms with Crippen molar-refractivity contribution in [2.24, 2.45) is 5.73 Å². The van der Waals surface area contributed by atoms with Gasteiger partial charge in [0.1, 0.15) is 0 Å². The zero-order chi connectivity index (χ0) is 15.1. The third-order valence-corrected chi connectivity index (χ3v) is 4.77. The maximum Gasteiger partial charge on any atom is 0.220 e. The van der Waals surface area contributed by atoms with Crippen LogP contribution in [0.15, 0.2) is 28.7 Å². The van der Waals surface area contributed by atoms with Crippen molar-refractivity contribution in [2.45, 2.75) is 50.4 Å². The van der Waals surface area contributed by atoms with Crippen molar-refractivity contribution in [3.63, 3.8) is 0 Å². The van der Waals surface area contributed by atoms with Gasteiger partial charge in [-0.25, -0.2) is 0 Å². The first-order valence-electron chi connectivity index (χ1n) is 7.89. The molecule has 1 saturated carbocycles. The van der Waals surface area contributed by atoms with E-state index in [1.165, 1.54) is 18.4 Å². The number of carbonyl (C=O) groups excluding carboxylic acids is 1. The topological polar surface area (TPSA) is 55.1 Å². The molecule has 0 bridgehead atoms. The number of nitrogens with two attached hydrogens (primary N) is 1. The van der Waals surface area contributed by atoms with Gasteiger partial charge in [0.05, 0.1) is 0 Å². The lowest BCUT2D eigenvalue weighted by Gasteiger charge is -2.17. The summed E-state index contributed by atoms with van der Waals surface area (Å²) in [6.07, 6.45) is 7.23. The van der Waals surface area contributed by atoms with Crippen LogP contribution in [0.25, 0.3) is 0 Å². The lowest BCUT2D eigenvalue weighted by atomic mass is 9.96. The number of hydrogen-bond donors (Lipinski definition) is 2. The number of benzene rings is 1. The minimum atomic E-state index is 0. The Bertz CT molecular complexity index is 477. The fourth-order valence-electron chi connectivity index (χ4n) is 2.68. The molecule has 0 aromatic heterocycles. The Labute approximate surface area is 148 Å². The second-order valence-corrected chi connectivity index (χ2v) is 6.94. The van der Waals surface area contributed by atoms with Crippen LogP contribution < -0.4 is 11.1 Å². The molecular weight excluding hydrogens is 364 g/mol. The molecule has 3 nitrogen and oxygen atoms in total. The van der Waals surface area contributed by atoms with E-state index in [1.807, 2.05) is 6.07 Å². The average molecular weight is 390 g/mol. The maximum absolute atomic E-state index is 11.9. The Morgan fingerprint density at radius 2 is 1.95 bits per heavy atom. The monoisotopic (exact) mass is 388 g/mol. The van der Waals surface area contributed by atoms with Gasteiger partial charge in [-0.2, -0.15) is 0 Å². The number of rotatable bonds is 9. The molecule has 5 heteroatoms. The number of amides is 1. The number of unbranched alkanes of at least 4 members (excludes halogenated alkanes) is 3. The van der Waals surface area contributed by atoms with Gasteiger partial charge >= 0.3 is 0 Å². The first-order chi connectivity index (χ1) is 10.2. The zero-order valence-corrected chi connectivity index (χ0v) is 15.3. The Hall–Kier alpha value is -0.580. The van der Waals surface area contributed by atoms with E-state index in [4.69, 9.17) is 5.73 Å². The second-order valence-electron chi connectivity index (χ2n) is 6.02. The molecule has 1 aromatic carbocycles. The van der Waals surface area contributed by atoms with E-state index in [9.17, 15) is 4.79 Å². The minimum absolute atomic E-state index is 0. The molecule has 124 valence electrons. The van der Waals surface area contributed by atoms with Crippen molar-refractivity contribution in [1.29, 1.82) is 0 Å². The molecule has 0 unspecified atom stereocenters. The van der Waals surface area contributed by atoms with Crippen molar-refractivity contribution < 1.29 is 4.79 Å². The lowest BCUT2D eigenvalue weighted by molar-refractivity contribution is -0.121. The van der Waals surface area contributed by atoms with Crippen molar-refractivity contribution in [2.75, 3.05) is 13.1 Å². The van der Waals surface area contributed by atoms with E-state index in [0.717, 1.165) is 43.2 Å². The second kappa shape index (κ2) is 9.53. The van der Waals surface area contributed by atoms with E-state index in [-0.39, 0.29) is 23.7 Å². The smallest absolute Gasteiger partial charge is 0.220 e. The van der Waals surface area contributed by atoms with Crippen molar-refractivity contribution in [3.05, 3.63) is 34.3 Å². The summed E-state index contributed by atoms with van der Waals surface area (Å²) >= 11 is 3.52. The summed E-state index contributed by atoms with van der Waals surface area (Å²) in [4.78, 5) is 11.9. The van der Waals surface area contributed by atoms with Crippen LogP contribution in [0.5, 0.6) is 0 Å². The summed E-state index contributed by atoms with van der Waals surface area (Å²) in [5.74, 6) is 0.184. The fraction of sp³-hybridized carbons (Fsp3) is 0.588. The molecule has 1 aliphatic carbocycles. The Morgan fingerprint density at radius 1 is 1.23 bits per heavy atom. The summed E-state index contributed by atoms with van der Waals surface area (Å²) < 4.78 is 1.11. The van der Waals surface area contributed by atoms with Gasteiger partial charge in [0, 0.05) is 22.9 Å². The van der Waals surface area contributed by atoms with Gasteiger partial charge in [0.15, 0.2) is 0 Å². The highest BCUT2D eigenvalue weighted by atomic mass is 79.9. The van der Waals surface area contributed by atoms with E-state index in [2.05, 4.69) is 39.4 Å². The normalized spacial score (nSPS) is 15.0. The van der Waals surface area contributed by atoms with Crippen LogP contribution in [0, 0.1) is 0 Å². The highest BCUT2D eigenvalue weighted by Gasteiger charge is 2.44. The molecule has 0 heterocycles. The van der Waals surface area contributed by atoms with Crippen LogP contribution in [0.1, 0.15) is 50.5 Å². The van der Waals surface area contributed by atoms with Gasteiger partial charge in [-0.1, -0.05) is 40.9 Å². The van der Waals surface area contributed by atoms with Crippen LogP contribution >= 0.6 is 28.3 Å². The van der Waals surface area contributed by atoms with Gasteiger partial charge in [-0.3, -0.25) is 4.79 Å². The maximum atomic E-state index is 11.9. The zero-order valence-electron chi connectivity index (χ0n) is 12.9. The lowest BCUT2D eigenvalue weighted by Crippen LogP contribution is -2.32. The molecule has 1 aliphatic rings. The molecular formula is C17H26BrClN2O. The fourth-order valence-corrected chi connectivity index (χ4v) is 3.08. The highest BCUT2D eigenvalue weighted by molar-refractivity contribution is 9.10. The van der Waals surface area contributed by atoms with E-state index < -0.39 is 0 Å². The first-order valence-corrected chi connectivity index (χ1v) is 8.68.